The van der Waals surface area contributed by atoms with Crippen LogP contribution < -0.4 is 11.1 Å². The van der Waals surface area contributed by atoms with Crippen molar-refractivity contribution in [2.24, 2.45) is 5.73 Å². The van der Waals surface area contributed by atoms with Gasteiger partial charge in [0.05, 0.1) is 5.52 Å². The maximum absolute atomic E-state index is 12.7. The van der Waals surface area contributed by atoms with Crippen molar-refractivity contribution < 1.29 is 19.5 Å². The number of aromatic nitrogens is 1. The molecule has 0 radical (unpaired) electrons. The number of halogens is 1. The number of nitrogens with two attached hydrogens (primary N) is 1. The molecule has 0 aliphatic heterocycles. The van der Waals surface area contributed by atoms with Crippen LogP contribution in [0.25, 0.3) is 10.9 Å². The molecule has 0 saturated carbocycles. The Kier molecular flexibility index (Phi) is 4.40. The third-order valence-electron chi connectivity index (χ3n) is 3.90. The summed E-state index contributed by atoms with van der Waals surface area (Å²) in [5, 5.41) is 13.8. The standard InChI is InChI=1S/C18H14ClN3O4/c1-9(23)10-2-7-14-13(8-10)15(17(25)22(14)18(20)26)16(24)21-12-5-3-11(19)4-6-12/h2-8,25H,1H3,(H2,20,26)(H,21,24). The lowest BCUT2D eigenvalue weighted by Gasteiger charge is -2.05. The van der Waals surface area contributed by atoms with Gasteiger partial charge in [0.1, 0.15) is 5.56 Å². The highest BCUT2D eigenvalue weighted by molar-refractivity contribution is 6.30. The average Bonchev–Trinajstić information content (AvgIpc) is 2.87. The first-order valence-electron chi connectivity index (χ1n) is 7.54. The molecule has 8 heteroatoms. The summed E-state index contributed by atoms with van der Waals surface area (Å²) >= 11 is 5.81. The van der Waals surface area contributed by atoms with Gasteiger partial charge in [-0.3, -0.25) is 9.59 Å². The third kappa shape index (κ3) is 3.00. The van der Waals surface area contributed by atoms with E-state index >= 15 is 0 Å². The van der Waals surface area contributed by atoms with Gasteiger partial charge in [0.25, 0.3) is 5.91 Å². The number of fused-ring (bicyclic) bond motifs is 1. The molecule has 2 amide bonds. The molecule has 0 aliphatic carbocycles. The van der Waals surface area contributed by atoms with Crippen LogP contribution in [0, 0.1) is 0 Å². The maximum Gasteiger partial charge on any atom is 0.326 e. The van der Waals surface area contributed by atoms with Gasteiger partial charge < -0.3 is 16.2 Å². The Morgan fingerprint density at radius 1 is 1.12 bits per heavy atom. The fourth-order valence-corrected chi connectivity index (χ4v) is 2.80. The molecule has 0 aliphatic rings. The number of hydrogen-bond acceptors (Lipinski definition) is 4. The molecular formula is C18H14ClN3O4. The van der Waals surface area contributed by atoms with Gasteiger partial charge in [-0.1, -0.05) is 11.6 Å². The molecule has 1 aromatic heterocycles. The predicted octanol–water partition coefficient (Wildman–Crippen LogP) is 3.38. The van der Waals surface area contributed by atoms with Gasteiger partial charge >= 0.3 is 6.03 Å². The van der Waals surface area contributed by atoms with Crippen molar-refractivity contribution in [3.05, 3.63) is 58.6 Å². The Morgan fingerprint density at radius 2 is 1.77 bits per heavy atom. The van der Waals surface area contributed by atoms with E-state index in [9.17, 15) is 19.5 Å². The highest BCUT2D eigenvalue weighted by Crippen LogP contribution is 2.32. The van der Waals surface area contributed by atoms with Gasteiger partial charge in [0.2, 0.25) is 5.88 Å². The van der Waals surface area contributed by atoms with Crippen LogP contribution in [0.3, 0.4) is 0 Å². The van der Waals surface area contributed by atoms with Gasteiger partial charge in [-0.15, -0.1) is 0 Å². The first-order chi connectivity index (χ1) is 12.3. The molecule has 26 heavy (non-hydrogen) atoms. The summed E-state index contributed by atoms with van der Waals surface area (Å²) in [6.07, 6.45) is 0. The SMILES string of the molecule is CC(=O)c1ccc2c(c1)c(C(=O)Nc1ccc(Cl)cc1)c(O)n2C(N)=O. The maximum atomic E-state index is 12.7. The van der Waals surface area contributed by atoms with E-state index in [1.54, 1.807) is 24.3 Å². The minimum absolute atomic E-state index is 0.156. The lowest BCUT2D eigenvalue weighted by atomic mass is 10.1. The lowest BCUT2D eigenvalue weighted by molar-refractivity contribution is 0.101. The van der Waals surface area contributed by atoms with Crippen LogP contribution in [0.2, 0.25) is 5.02 Å². The molecule has 1 heterocycles. The van der Waals surface area contributed by atoms with Crippen LogP contribution in [0.4, 0.5) is 10.5 Å². The zero-order chi connectivity index (χ0) is 19.0. The van der Waals surface area contributed by atoms with E-state index in [1.807, 2.05) is 0 Å². The first kappa shape index (κ1) is 17.5. The number of rotatable bonds is 3. The van der Waals surface area contributed by atoms with Gasteiger partial charge in [0, 0.05) is 21.7 Å². The van der Waals surface area contributed by atoms with E-state index in [-0.39, 0.29) is 22.2 Å². The van der Waals surface area contributed by atoms with Crippen LogP contribution in [0.1, 0.15) is 27.6 Å². The van der Waals surface area contributed by atoms with Crippen molar-refractivity contribution in [3.63, 3.8) is 0 Å². The Balaban J connectivity index is 2.16. The number of amides is 2. The van der Waals surface area contributed by atoms with Crippen LogP contribution in [0.15, 0.2) is 42.5 Å². The topological polar surface area (TPSA) is 114 Å². The van der Waals surface area contributed by atoms with E-state index in [0.717, 1.165) is 4.57 Å². The molecule has 3 aromatic rings. The number of anilines is 1. The molecule has 0 spiro atoms. The number of ketones is 1. The molecule has 0 bridgehead atoms. The predicted molar refractivity (Wildman–Crippen MR) is 98.0 cm³/mol. The molecule has 0 fully saturated rings. The zero-order valence-electron chi connectivity index (χ0n) is 13.6. The molecule has 7 nitrogen and oxygen atoms in total. The Bertz CT molecular complexity index is 1050. The van der Waals surface area contributed by atoms with E-state index in [2.05, 4.69) is 5.32 Å². The van der Waals surface area contributed by atoms with Gasteiger partial charge in [0.15, 0.2) is 5.78 Å². The summed E-state index contributed by atoms with van der Waals surface area (Å²) in [4.78, 5) is 36.0. The quantitative estimate of drug-likeness (QED) is 0.612. The summed E-state index contributed by atoms with van der Waals surface area (Å²) in [5.41, 5.74) is 6.16. The Morgan fingerprint density at radius 3 is 2.35 bits per heavy atom. The largest absolute Gasteiger partial charge is 0.494 e. The van der Waals surface area contributed by atoms with E-state index in [1.165, 1.54) is 25.1 Å². The summed E-state index contributed by atoms with van der Waals surface area (Å²) in [6, 6.07) is 9.80. The molecule has 2 aromatic carbocycles. The van der Waals surface area contributed by atoms with Crippen molar-refractivity contribution >= 4 is 45.9 Å². The van der Waals surface area contributed by atoms with Gasteiger partial charge in [-0.05, 0) is 49.4 Å². The number of nitrogens with one attached hydrogen (secondary N) is 1. The third-order valence-corrected chi connectivity index (χ3v) is 4.15. The minimum Gasteiger partial charge on any atom is -0.494 e. The normalized spacial score (nSPS) is 10.7. The first-order valence-corrected chi connectivity index (χ1v) is 7.92. The minimum atomic E-state index is -0.950. The van der Waals surface area contributed by atoms with Crippen molar-refractivity contribution in [1.29, 1.82) is 0 Å². The molecular weight excluding hydrogens is 358 g/mol. The van der Waals surface area contributed by atoms with Crippen LogP contribution in [0.5, 0.6) is 5.88 Å². The van der Waals surface area contributed by atoms with E-state index < -0.39 is 17.8 Å². The molecule has 0 saturated heterocycles. The molecule has 3 rings (SSSR count). The van der Waals surface area contributed by atoms with Crippen LogP contribution in [-0.4, -0.2) is 27.4 Å². The van der Waals surface area contributed by atoms with Crippen LogP contribution >= 0.6 is 11.6 Å². The van der Waals surface area contributed by atoms with Crippen LogP contribution in [-0.2, 0) is 0 Å². The number of hydrogen-bond donors (Lipinski definition) is 3. The number of aromatic hydroxyl groups is 1. The molecule has 132 valence electrons. The number of Topliss-reactive ketones (excluding diaryl/α,β-unsaturated/α-hetero) is 1. The second-order valence-electron chi connectivity index (χ2n) is 5.62. The summed E-state index contributed by atoms with van der Waals surface area (Å²) in [7, 11) is 0. The molecule has 0 atom stereocenters. The number of benzene rings is 2. The number of carbonyl (C=O) groups is 3. The fraction of sp³-hybridized carbons (Fsp3) is 0.0556. The number of primary amides is 1. The van der Waals surface area contributed by atoms with Crippen molar-refractivity contribution in [2.45, 2.75) is 6.92 Å². The van der Waals surface area contributed by atoms with Gasteiger partial charge in [-0.2, -0.15) is 0 Å². The smallest absolute Gasteiger partial charge is 0.326 e. The number of nitrogens with zero attached hydrogens (tertiary/aromatic N) is 1. The highest BCUT2D eigenvalue weighted by atomic mass is 35.5. The van der Waals surface area contributed by atoms with Crippen molar-refractivity contribution in [3.8, 4) is 5.88 Å². The summed E-state index contributed by atoms with van der Waals surface area (Å²) in [5.74, 6) is -1.47. The van der Waals surface area contributed by atoms with Gasteiger partial charge in [-0.25, -0.2) is 9.36 Å². The van der Waals surface area contributed by atoms with E-state index in [0.29, 0.717) is 16.3 Å². The monoisotopic (exact) mass is 371 g/mol. The average molecular weight is 372 g/mol. The van der Waals surface area contributed by atoms with Crippen molar-refractivity contribution in [1.82, 2.24) is 4.57 Å². The summed E-state index contributed by atoms with van der Waals surface area (Å²) in [6.45, 7) is 1.37. The van der Waals surface area contributed by atoms with Crippen molar-refractivity contribution in [2.75, 3.05) is 5.32 Å². The highest BCUT2D eigenvalue weighted by Gasteiger charge is 2.25. The fourth-order valence-electron chi connectivity index (χ4n) is 2.67. The summed E-state index contributed by atoms with van der Waals surface area (Å²) < 4.78 is 0.816. The second kappa shape index (κ2) is 6.53. The lowest BCUT2D eigenvalue weighted by Crippen LogP contribution is -2.19. The molecule has 0 unspecified atom stereocenters. The molecule has 4 N–H and O–H groups in total. The van der Waals surface area contributed by atoms with E-state index in [4.69, 9.17) is 17.3 Å². The zero-order valence-corrected chi connectivity index (χ0v) is 14.4. The Hall–Kier alpha value is -3.32. The Labute approximate surface area is 153 Å². The second-order valence-corrected chi connectivity index (χ2v) is 6.06. The number of carbonyl (C=O) groups excluding carboxylic acids is 3.